The summed E-state index contributed by atoms with van der Waals surface area (Å²) in [5.74, 6) is -2.11. The van der Waals surface area contributed by atoms with Gasteiger partial charge >= 0.3 is 39.5 Å². The molecule has 0 spiro atoms. The zero-order chi connectivity index (χ0) is 71.1. The third-order valence-electron chi connectivity index (χ3n) is 18.4. The van der Waals surface area contributed by atoms with E-state index in [2.05, 4.69) is 27.7 Å². The third-order valence-corrected chi connectivity index (χ3v) is 20.3. The predicted octanol–water partition coefficient (Wildman–Crippen LogP) is 23.4. The Morgan fingerprint density at radius 1 is 0.247 bits per heavy atom. The van der Waals surface area contributed by atoms with Crippen molar-refractivity contribution in [2.75, 3.05) is 39.6 Å². The molecule has 0 saturated heterocycles. The molecular formula is C78H152O17P2. The lowest BCUT2D eigenvalue weighted by Gasteiger charge is -2.21. The van der Waals surface area contributed by atoms with Gasteiger partial charge in [-0.05, 0) is 25.7 Å². The second-order valence-electron chi connectivity index (χ2n) is 28.1. The number of carbonyl (C=O) groups excluding carboxylic acids is 4. The van der Waals surface area contributed by atoms with Crippen molar-refractivity contribution in [3.8, 4) is 0 Å². The van der Waals surface area contributed by atoms with E-state index in [0.717, 1.165) is 89.9 Å². The predicted molar refractivity (Wildman–Crippen MR) is 395 cm³/mol. The average molecular weight is 1420 g/mol. The lowest BCUT2D eigenvalue weighted by molar-refractivity contribution is -0.161. The maximum atomic E-state index is 13.1. The molecule has 0 aromatic heterocycles. The number of hydrogen-bond donors (Lipinski definition) is 3. The van der Waals surface area contributed by atoms with Crippen LogP contribution in [0.15, 0.2) is 0 Å². The molecule has 0 aromatic carbocycles. The molecule has 5 atom stereocenters. The van der Waals surface area contributed by atoms with Gasteiger partial charge in [0.15, 0.2) is 12.2 Å². The third kappa shape index (κ3) is 72.2. The number of rotatable bonds is 79. The molecule has 0 amide bonds. The molecule has 0 aliphatic carbocycles. The Balaban J connectivity index is 5.23. The number of phosphoric ester groups is 2. The molecule has 0 rings (SSSR count). The molecule has 3 N–H and O–H groups in total. The minimum Gasteiger partial charge on any atom is -0.462 e. The second kappa shape index (κ2) is 72.4. The van der Waals surface area contributed by atoms with Crippen molar-refractivity contribution < 1.29 is 80.2 Å². The molecule has 0 saturated carbocycles. The Morgan fingerprint density at radius 2 is 0.412 bits per heavy atom. The number of hydrogen-bond acceptors (Lipinski definition) is 15. The molecular weight excluding hydrogens is 1270 g/mol. The molecule has 19 heteroatoms. The highest BCUT2D eigenvalue weighted by Gasteiger charge is 2.30. The number of aliphatic hydroxyl groups is 1. The summed E-state index contributed by atoms with van der Waals surface area (Å²) in [7, 11) is -9.91. The van der Waals surface area contributed by atoms with Gasteiger partial charge in [-0.2, -0.15) is 0 Å². The Bertz CT molecular complexity index is 1840. The van der Waals surface area contributed by atoms with Crippen LogP contribution in [0.3, 0.4) is 0 Å². The quantitative estimate of drug-likeness (QED) is 0.0222. The fourth-order valence-electron chi connectivity index (χ4n) is 12.1. The summed E-state index contributed by atoms with van der Waals surface area (Å²) in [5.41, 5.74) is 0. The summed E-state index contributed by atoms with van der Waals surface area (Å²) in [6.07, 6.45) is 63.7. The molecule has 0 bridgehead atoms. The standard InChI is InChI=1S/C78H152O17P2/c1-5-9-13-17-21-25-29-32-34-35-36-37-39-42-45-49-53-57-61-65-78(83)95-74(69-89-76(81)63-59-55-51-47-43-41-38-33-30-26-22-18-14-10-6-2)71-93-97(86,87)91-67-72(79)66-90-96(84,85)92-70-73(68-88-75(80)62-58-54-50-46-28-24-20-16-12-8-4)94-77(82)64-60-56-52-48-44-40-31-27-23-19-15-11-7-3/h72-74,79H,5-71H2,1-4H3,(H,84,85)(H,86,87)/t72-,73+,74+/m0/s1. The SMILES string of the molecule is CCCCCCCCCCCCCCCCCCCCCC(=O)O[C@H](COC(=O)CCCCCCCCCCCCCCCCC)COP(=O)(O)OC[C@@H](O)COP(=O)(O)OC[C@@H](COC(=O)CCCCCCCCCCCC)OC(=O)CCCCCCCCCCCCCCC. The summed E-state index contributed by atoms with van der Waals surface area (Å²) < 4.78 is 68.6. The van der Waals surface area contributed by atoms with Gasteiger partial charge in [-0.1, -0.05) is 368 Å². The largest absolute Gasteiger partial charge is 0.472 e. The van der Waals surface area contributed by atoms with Gasteiger partial charge in [0.25, 0.3) is 0 Å². The van der Waals surface area contributed by atoms with E-state index in [1.165, 1.54) is 250 Å². The van der Waals surface area contributed by atoms with Crippen LogP contribution in [0.5, 0.6) is 0 Å². The van der Waals surface area contributed by atoms with Gasteiger partial charge in [0.2, 0.25) is 0 Å². The van der Waals surface area contributed by atoms with Crippen LogP contribution in [0.2, 0.25) is 0 Å². The van der Waals surface area contributed by atoms with E-state index in [1.54, 1.807) is 0 Å². The lowest BCUT2D eigenvalue weighted by Crippen LogP contribution is -2.30. The van der Waals surface area contributed by atoms with E-state index in [0.29, 0.717) is 25.7 Å². The van der Waals surface area contributed by atoms with Crippen LogP contribution in [0, 0.1) is 0 Å². The molecule has 0 aliphatic heterocycles. The van der Waals surface area contributed by atoms with Gasteiger partial charge in [-0.3, -0.25) is 37.3 Å². The highest BCUT2D eigenvalue weighted by Crippen LogP contribution is 2.45. The minimum atomic E-state index is -4.96. The van der Waals surface area contributed by atoms with Crippen molar-refractivity contribution in [2.45, 2.75) is 438 Å². The van der Waals surface area contributed by atoms with E-state index in [1.807, 2.05) is 0 Å². The molecule has 0 aliphatic rings. The number of carbonyl (C=O) groups is 4. The van der Waals surface area contributed by atoms with Crippen LogP contribution < -0.4 is 0 Å². The number of ether oxygens (including phenoxy) is 4. The first-order valence-corrected chi connectivity index (χ1v) is 43.8. The molecule has 2 unspecified atom stereocenters. The molecule has 576 valence electrons. The van der Waals surface area contributed by atoms with E-state index in [4.69, 9.17) is 37.0 Å². The zero-order valence-electron chi connectivity index (χ0n) is 63.1. The average Bonchev–Trinajstić information content (AvgIpc) is 1.16. The number of aliphatic hydroxyl groups excluding tert-OH is 1. The molecule has 17 nitrogen and oxygen atoms in total. The number of phosphoric acid groups is 2. The highest BCUT2D eigenvalue weighted by atomic mass is 31.2. The first-order valence-electron chi connectivity index (χ1n) is 40.8. The Hall–Kier alpha value is -1.94. The van der Waals surface area contributed by atoms with Crippen LogP contribution in [0.4, 0.5) is 0 Å². The number of unbranched alkanes of at least 4 members (excludes halogenated alkanes) is 53. The lowest BCUT2D eigenvalue weighted by atomic mass is 10.0. The summed E-state index contributed by atoms with van der Waals surface area (Å²) >= 11 is 0. The van der Waals surface area contributed by atoms with Gasteiger partial charge in [-0.15, -0.1) is 0 Å². The van der Waals surface area contributed by atoms with Crippen molar-refractivity contribution in [1.82, 2.24) is 0 Å². The van der Waals surface area contributed by atoms with Gasteiger partial charge in [-0.25, -0.2) is 9.13 Å². The Kier molecular flexibility index (Phi) is 71.0. The Morgan fingerprint density at radius 3 is 0.608 bits per heavy atom. The minimum absolute atomic E-state index is 0.108. The van der Waals surface area contributed by atoms with Crippen molar-refractivity contribution >= 4 is 39.5 Å². The van der Waals surface area contributed by atoms with Crippen LogP contribution in [0.1, 0.15) is 419 Å². The van der Waals surface area contributed by atoms with Crippen molar-refractivity contribution in [1.29, 1.82) is 0 Å². The van der Waals surface area contributed by atoms with Crippen LogP contribution in [-0.2, 0) is 65.4 Å². The maximum Gasteiger partial charge on any atom is 0.472 e. The normalized spacial score (nSPS) is 13.8. The summed E-state index contributed by atoms with van der Waals surface area (Å²) in [6, 6.07) is 0. The van der Waals surface area contributed by atoms with Gasteiger partial charge in [0, 0.05) is 25.7 Å². The molecule has 0 heterocycles. The van der Waals surface area contributed by atoms with Gasteiger partial charge in [0.05, 0.1) is 26.4 Å². The maximum absolute atomic E-state index is 13.1. The van der Waals surface area contributed by atoms with Crippen LogP contribution in [0.25, 0.3) is 0 Å². The fraction of sp³-hybridized carbons (Fsp3) is 0.949. The fourth-order valence-corrected chi connectivity index (χ4v) is 13.7. The molecule has 0 aromatic rings. The number of esters is 4. The highest BCUT2D eigenvalue weighted by molar-refractivity contribution is 7.47. The van der Waals surface area contributed by atoms with E-state index in [9.17, 15) is 43.2 Å². The monoisotopic (exact) mass is 1420 g/mol. The first kappa shape index (κ1) is 95.1. The summed E-state index contributed by atoms with van der Waals surface area (Å²) in [5, 5.41) is 10.6. The first-order chi connectivity index (χ1) is 47.2. The van der Waals surface area contributed by atoms with Crippen LogP contribution in [-0.4, -0.2) is 96.7 Å². The van der Waals surface area contributed by atoms with Crippen molar-refractivity contribution in [3.63, 3.8) is 0 Å². The van der Waals surface area contributed by atoms with E-state index in [-0.39, 0.29) is 25.7 Å². The summed E-state index contributed by atoms with van der Waals surface area (Å²) in [4.78, 5) is 72.9. The molecule has 0 fully saturated rings. The molecule has 0 radical (unpaired) electrons. The zero-order valence-corrected chi connectivity index (χ0v) is 64.8. The van der Waals surface area contributed by atoms with Gasteiger partial charge in [0.1, 0.15) is 19.3 Å². The van der Waals surface area contributed by atoms with Crippen molar-refractivity contribution in [2.24, 2.45) is 0 Å². The summed E-state index contributed by atoms with van der Waals surface area (Å²) in [6.45, 7) is 5.00. The van der Waals surface area contributed by atoms with E-state index >= 15 is 0 Å². The topological polar surface area (TPSA) is 237 Å². The van der Waals surface area contributed by atoms with E-state index < -0.39 is 97.5 Å². The smallest absolute Gasteiger partial charge is 0.462 e. The van der Waals surface area contributed by atoms with Crippen molar-refractivity contribution in [3.05, 3.63) is 0 Å². The molecule has 97 heavy (non-hydrogen) atoms. The Labute approximate surface area is 594 Å². The second-order valence-corrected chi connectivity index (χ2v) is 31.0. The van der Waals surface area contributed by atoms with Gasteiger partial charge < -0.3 is 33.8 Å². The van der Waals surface area contributed by atoms with Crippen LogP contribution >= 0.6 is 15.6 Å².